The van der Waals surface area contributed by atoms with Gasteiger partial charge in [-0.25, -0.2) is 0 Å². The number of ether oxygens (including phenoxy) is 1. The predicted molar refractivity (Wildman–Crippen MR) is 84.3 cm³/mol. The van der Waals surface area contributed by atoms with E-state index < -0.39 is 0 Å². The summed E-state index contributed by atoms with van der Waals surface area (Å²) in [5, 5.41) is 10.4. The monoisotopic (exact) mass is 296 g/mol. The Hall–Kier alpha value is -0.160. The molecule has 2 heterocycles. The Kier molecular flexibility index (Phi) is 5.20. The van der Waals surface area contributed by atoms with Crippen molar-refractivity contribution in [3.63, 3.8) is 0 Å². The quantitative estimate of drug-likeness (QED) is 0.855. The molecule has 0 spiro atoms. The van der Waals surface area contributed by atoms with Crippen LogP contribution in [0.1, 0.15) is 33.1 Å². The van der Waals surface area contributed by atoms with Gasteiger partial charge >= 0.3 is 0 Å². The number of rotatable bonds is 3. The summed E-state index contributed by atoms with van der Waals surface area (Å²) in [5.41, 5.74) is 0. The molecule has 1 saturated carbocycles. The van der Waals surface area contributed by atoms with Crippen LogP contribution < -0.4 is 0 Å². The molecular formula is C17H32N2O2. The fourth-order valence-electron chi connectivity index (χ4n) is 4.69. The zero-order valence-electron chi connectivity index (χ0n) is 13.7. The first kappa shape index (κ1) is 15.7. The lowest BCUT2D eigenvalue weighted by Gasteiger charge is -2.39. The molecular weight excluding hydrogens is 264 g/mol. The summed E-state index contributed by atoms with van der Waals surface area (Å²) < 4.78 is 5.46. The number of morpholine rings is 1. The molecule has 2 saturated heterocycles. The normalized spacial score (nSPS) is 43.3. The van der Waals surface area contributed by atoms with E-state index in [0.717, 1.165) is 39.3 Å². The second-order valence-electron chi connectivity index (χ2n) is 7.64. The molecule has 2 aliphatic heterocycles. The van der Waals surface area contributed by atoms with Gasteiger partial charge in [-0.15, -0.1) is 0 Å². The van der Waals surface area contributed by atoms with E-state index in [-0.39, 0.29) is 6.10 Å². The van der Waals surface area contributed by atoms with Gasteiger partial charge in [-0.2, -0.15) is 0 Å². The van der Waals surface area contributed by atoms with Crippen molar-refractivity contribution in [1.29, 1.82) is 0 Å². The van der Waals surface area contributed by atoms with Crippen LogP contribution in [0.15, 0.2) is 0 Å². The van der Waals surface area contributed by atoms with Crippen LogP contribution >= 0.6 is 0 Å². The second kappa shape index (κ2) is 6.95. The van der Waals surface area contributed by atoms with Crippen LogP contribution in [0.25, 0.3) is 0 Å². The van der Waals surface area contributed by atoms with Gasteiger partial charge in [0.05, 0.1) is 19.3 Å². The maximum absolute atomic E-state index is 10.4. The van der Waals surface area contributed by atoms with Crippen LogP contribution in [0.4, 0.5) is 0 Å². The molecule has 3 aliphatic rings. The minimum absolute atomic E-state index is 0.0915. The van der Waals surface area contributed by atoms with Crippen LogP contribution in [0, 0.1) is 17.8 Å². The SMILES string of the molecule is CC1CC(C)C(CN2CCC(N3CCOCC3)C2)C(O)C1. The first-order valence-corrected chi connectivity index (χ1v) is 8.85. The van der Waals surface area contributed by atoms with Gasteiger partial charge in [0.15, 0.2) is 0 Å². The molecule has 3 rings (SSSR count). The number of nitrogens with zero attached hydrogens (tertiary/aromatic N) is 2. The molecule has 5 unspecified atom stereocenters. The number of likely N-dealkylation sites (tertiary alicyclic amines) is 1. The van der Waals surface area contributed by atoms with Crippen LogP contribution in [-0.2, 0) is 4.74 Å². The fraction of sp³-hybridized carbons (Fsp3) is 1.00. The van der Waals surface area contributed by atoms with Gasteiger partial charge in [0.2, 0.25) is 0 Å². The minimum Gasteiger partial charge on any atom is -0.393 e. The lowest BCUT2D eigenvalue weighted by molar-refractivity contribution is -0.00283. The molecule has 4 nitrogen and oxygen atoms in total. The van der Waals surface area contributed by atoms with Crippen molar-refractivity contribution in [2.75, 3.05) is 45.9 Å². The second-order valence-corrected chi connectivity index (χ2v) is 7.64. The summed E-state index contributed by atoms with van der Waals surface area (Å²) >= 11 is 0. The number of hydrogen-bond donors (Lipinski definition) is 1. The van der Waals surface area contributed by atoms with Crippen molar-refractivity contribution in [3.05, 3.63) is 0 Å². The molecule has 5 atom stereocenters. The third-order valence-electron chi connectivity index (χ3n) is 5.92. The number of hydrogen-bond acceptors (Lipinski definition) is 4. The predicted octanol–water partition coefficient (Wildman–Crippen LogP) is 1.44. The minimum atomic E-state index is -0.0915. The molecule has 3 fully saturated rings. The van der Waals surface area contributed by atoms with Gasteiger partial charge < -0.3 is 14.7 Å². The van der Waals surface area contributed by atoms with E-state index in [2.05, 4.69) is 23.6 Å². The first-order chi connectivity index (χ1) is 10.1. The van der Waals surface area contributed by atoms with E-state index in [1.165, 1.54) is 25.9 Å². The lowest BCUT2D eigenvalue weighted by atomic mass is 9.73. The first-order valence-electron chi connectivity index (χ1n) is 8.85. The highest BCUT2D eigenvalue weighted by molar-refractivity contribution is 4.89. The molecule has 0 amide bonds. The molecule has 4 heteroatoms. The van der Waals surface area contributed by atoms with Gasteiger partial charge in [0.25, 0.3) is 0 Å². The van der Waals surface area contributed by atoms with Crippen LogP contribution in [0.2, 0.25) is 0 Å². The van der Waals surface area contributed by atoms with Crippen LogP contribution in [0.5, 0.6) is 0 Å². The molecule has 21 heavy (non-hydrogen) atoms. The maximum Gasteiger partial charge on any atom is 0.0594 e. The third-order valence-corrected chi connectivity index (χ3v) is 5.92. The van der Waals surface area contributed by atoms with Gasteiger partial charge in [-0.3, -0.25) is 4.90 Å². The van der Waals surface area contributed by atoms with E-state index in [4.69, 9.17) is 4.74 Å². The largest absolute Gasteiger partial charge is 0.393 e. The number of aliphatic hydroxyl groups is 1. The number of aliphatic hydroxyl groups excluding tert-OH is 1. The van der Waals surface area contributed by atoms with E-state index >= 15 is 0 Å². The van der Waals surface area contributed by atoms with Crippen molar-refractivity contribution in [2.24, 2.45) is 17.8 Å². The molecule has 0 radical (unpaired) electrons. The Labute approximate surface area is 129 Å². The van der Waals surface area contributed by atoms with Gasteiger partial charge in [-0.1, -0.05) is 13.8 Å². The standard InChI is InChI=1S/C17H32N2O2/c1-13-9-14(2)16(17(20)10-13)12-18-4-3-15(11-18)19-5-7-21-8-6-19/h13-17,20H,3-12H2,1-2H3. The third kappa shape index (κ3) is 3.79. The van der Waals surface area contributed by atoms with E-state index in [1.54, 1.807) is 0 Å². The molecule has 0 bridgehead atoms. The van der Waals surface area contributed by atoms with Gasteiger partial charge in [0.1, 0.15) is 0 Å². The highest BCUT2D eigenvalue weighted by atomic mass is 16.5. The summed E-state index contributed by atoms with van der Waals surface area (Å²) in [5.74, 6) is 1.82. The van der Waals surface area contributed by atoms with E-state index in [9.17, 15) is 5.11 Å². The van der Waals surface area contributed by atoms with Crippen molar-refractivity contribution < 1.29 is 9.84 Å². The Morgan fingerprint density at radius 1 is 1.10 bits per heavy atom. The Bertz CT molecular complexity index is 321. The topological polar surface area (TPSA) is 35.9 Å². The summed E-state index contributed by atoms with van der Waals surface area (Å²) in [6, 6.07) is 0.712. The van der Waals surface area contributed by atoms with Crippen LogP contribution in [0.3, 0.4) is 0 Å². The average Bonchev–Trinajstić information content (AvgIpc) is 2.92. The molecule has 1 aliphatic carbocycles. The molecule has 122 valence electrons. The van der Waals surface area contributed by atoms with Crippen molar-refractivity contribution >= 4 is 0 Å². The van der Waals surface area contributed by atoms with Gasteiger partial charge in [0, 0.05) is 38.1 Å². The molecule has 0 aromatic carbocycles. The van der Waals surface area contributed by atoms with Crippen molar-refractivity contribution in [1.82, 2.24) is 9.80 Å². The molecule has 0 aromatic heterocycles. The van der Waals surface area contributed by atoms with Gasteiger partial charge in [-0.05, 0) is 37.6 Å². The van der Waals surface area contributed by atoms with E-state index in [0.29, 0.717) is 23.8 Å². The highest BCUT2D eigenvalue weighted by Crippen LogP contribution is 2.35. The zero-order chi connectivity index (χ0) is 14.8. The fourth-order valence-corrected chi connectivity index (χ4v) is 4.69. The Balaban J connectivity index is 1.49. The van der Waals surface area contributed by atoms with Crippen molar-refractivity contribution in [2.45, 2.75) is 45.3 Å². The zero-order valence-corrected chi connectivity index (χ0v) is 13.7. The summed E-state index contributed by atoms with van der Waals surface area (Å²) in [7, 11) is 0. The summed E-state index contributed by atoms with van der Waals surface area (Å²) in [4.78, 5) is 5.20. The highest BCUT2D eigenvalue weighted by Gasteiger charge is 2.36. The maximum atomic E-state index is 10.4. The molecule has 1 N–H and O–H groups in total. The van der Waals surface area contributed by atoms with E-state index in [1.807, 2.05) is 0 Å². The lowest BCUT2D eigenvalue weighted by Crippen LogP contribution is -2.46. The summed E-state index contributed by atoms with van der Waals surface area (Å²) in [6.07, 6.45) is 3.47. The smallest absolute Gasteiger partial charge is 0.0594 e. The Morgan fingerprint density at radius 2 is 1.86 bits per heavy atom. The van der Waals surface area contributed by atoms with Crippen molar-refractivity contribution in [3.8, 4) is 0 Å². The van der Waals surface area contributed by atoms with Crippen LogP contribution in [-0.4, -0.2) is 73.0 Å². The average molecular weight is 296 g/mol. The summed E-state index contributed by atoms with van der Waals surface area (Å²) in [6.45, 7) is 12.1. The molecule has 0 aromatic rings. The Morgan fingerprint density at radius 3 is 2.57 bits per heavy atom.